The topological polar surface area (TPSA) is 94.5 Å². The number of imidazole rings is 1. The summed E-state index contributed by atoms with van der Waals surface area (Å²) in [5, 5.41) is 3.26. The summed E-state index contributed by atoms with van der Waals surface area (Å²) in [5.41, 5.74) is 5.74. The number of nitrogens with zero attached hydrogens (tertiary/aromatic N) is 5. The van der Waals surface area contributed by atoms with E-state index in [0.29, 0.717) is 11.9 Å². The second-order valence-electron chi connectivity index (χ2n) is 5.51. The zero-order valence-corrected chi connectivity index (χ0v) is 12.1. The fraction of sp³-hybridized carbons (Fsp3) is 0.571. The molecule has 3 N–H and O–H groups in total. The molecule has 0 unspecified atom stereocenters. The van der Waals surface area contributed by atoms with Crippen molar-refractivity contribution in [1.29, 1.82) is 0 Å². The zero-order valence-electron chi connectivity index (χ0n) is 12.1. The van der Waals surface area contributed by atoms with E-state index in [-0.39, 0.29) is 5.95 Å². The maximum atomic E-state index is 5.74. The van der Waals surface area contributed by atoms with Crippen molar-refractivity contribution in [3.63, 3.8) is 0 Å². The van der Waals surface area contributed by atoms with Gasteiger partial charge in [0.25, 0.3) is 0 Å². The zero-order chi connectivity index (χ0) is 14.5. The Labute approximate surface area is 124 Å². The van der Waals surface area contributed by atoms with Crippen LogP contribution in [0.15, 0.2) is 18.7 Å². The first-order chi connectivity index (χ1) is 10.3. The monoisotopic (exact) mass is 287 g/mol. The maximum Gasteiger partial charge on any atom is 0.241 e. The van der Waals surface area contributed by atoms with Crippen LogP contribution < -0.4 is 11.1 Å². The van der Waals surface area contributed by atoms with E-state index in [1.54, 1.807) is 23.3 Å². The molecule has 2 aromatic rings. The molecular weight excluding hydrogens is 266 g/mol. The van der Waals surface area contributed by atoms with E-state index in [9.17, 15) is 0 Å². The molecule has 0 amide bonds. The van der Waals surface area contributed by atoms with Crippen LogP contribution in [0.5, 0.6) is 0 Å². The highest BCUT2D eigenvalue weighted by molar-refractivity contribution is 5.34. The molecule has 2 aromatic heterocycles. The summed E-state index contributed by atoms with van der Waals surface area (Å²) in [6.07, 6.45) is 13.1. The summed E-state index contributed by atoms with van der Waals surface area (Å²) in [5.74, 6) is 2.06. The van der Waals surface area contributed by atoms with E-state index in [1.165, 1.54) is 32.1 Å². The number of nitrogens with two attached hydrogens (primary N) is 1. The van der Waals surface area contributed by atoms with Gasteiger partial charge >= 0.3 is 0 Å². The van der Waals surface area contributed by atoms with E-state index in [1.807, 2.05) is 0 Å². The SMILES string of the molecule is Nc1nc(NCCC2CCCCC2)nc(-n2ccnc2)n1. The minimum Gasteiger partial charge on any atom is -0.368 e. The predicted octanol–water partition coefficient (Wildman–Crippen LogP) is 2.02. The van der Waals surface area contributed by atoms with Crippen molar-refractivity contribution in [2.24, 2.45) is 5.92 Å². The van der Waals surface area contributed by atoms with E-state index in [0.717, 1.165) is 18.9 Å². The highest BCUT2D eigenvalue weighted by atomic mass is 15.3. The minimum atomic E-state index is 0.217. The molecule has 7 heteroatoms. The molecule has 0 radical (unpaired) electrons. The van der Waals surface area contributed by atoms with Crippen LogP contribution in [-0.2, 0) is 0 Å². The summed E-state index contributed by atoms with van der Waals surface area (Å²) in [6, 6.07) is 0. The summed E-state index contributed by atoms with van der Waals surface area (Å²) in [4.78, 5) is 16.6. The van der Waals surface area contributed by atoms with Crippen molar-refractivity contribution in [3.8, 4) is 5.95 Å². The van der Waals surface area contributed by atoms with Gasteiger partial charge in [-0.25, -0.2) is 4.98 Å². The Kier molecular flexibility index (Phi) is 4.28. The summed E-state index contributed by atoms with van der Waals surface area (Å²) in [7, 11) is 0. The molecule has 0 saturated heterocycles. The fourth-order valence-electron chi connectivity index (χ4n) is 2.82. The quantitative estimate of drug-likeness (QED) is 0.873. The third-order valence-electron chi connectivity index (χ3n) is 3.94. The third kappa shape index (κ3) is 3.68. The van der Waals surface area contributed by atoms with Crippen molar-refractivity contribution in [1.82, 2.24) is 24.5 Å². The Morgan fingerprint density at radius 1 is 1.19 bits per heavy atom. The fourth-order valence-corrected chi connectivity index (χ4v) is 2.82. The molecule has 21 heavy (non-hydrogen) atoms. The average molecular weight is 287 g/mol. The Morgan fingerprint density at radius 2 is 2.05 bits per heavy atom. The van der Waals surface area contributed by atoms with Gasteiger partial charge in [0.1, 0.15) is 6.33 Å². The molecule has 3 rings (SSSR count). The van der Waals surface area contributed by atoms with Crippen molar-refractivity contribution in [2.75, 3.05) is 17.6 Å². The van der Waals surface area contributed by atoms with Crippen LogP contribution in [0.25, 0.3) is 5.95 Å². The van der Waals surface area contributed by atoms with Gasteiger partial charge < -0.3 is 11.1 Å². The Balaban J connectivity index is 1.60. The van der Waals surface area contributed by atoms with Gasteiger partial charge in [-0.05, 0) is 12.3 Å². The van der Waals surface area contributed by atoms with Gasteiger partial charge in [-0.3, -0.25) is 4.57 Å². The lowest BCUT2D eigenvalue weighted by Gasteiger charge is -2.21. The molecule has 1 aliphatic carbocycles. The summed E-state index contributed by atoms with van der Waals surface area (Å²) >= 11 is 0. The molecule has 2 heterocycles. The molecule has 0 bridgehead atoms. The standard InChI is InChI=1S/C14H21N7/c15-12-18-13(17-7-6-11-4-2-1-3-5-11)20-14(19-12)21-9-8-16-10-21/h8-11H,1-7H2,(H3,15,17,18,19,20). The van der Waals surface area contributed by atoms with Gasteiger partial charge in [-0.15, -0.1) is 0 Å². The van der Waals surface area contributed by atoms with Gasteiger partial charge in [0, 0.05) is 18.9 Å². The smallest absolute Gasteiger partial charge is 0.241 e. The van der Waals surface area contributed by atoms with Crippen molar-refractivity contribution < 1.29 is 0 Å². The van der Waals surface area contributed by atoms with Crippen LogP contribution in [-0.4, -0.2) is 31.0 Å². The van der Waals surface area contributed by atoms with Gasteiger partial charge in [0.2, 0.25) is 17.8 Å². The molecule has 112 valence electrons. The predicted molar refractivity (Wildman–Crippen MR) is 81.0 cm³/mol. The van der Waals surface area contributed by atoms with Crippen LogP contribution >= 0.6 is 0 Å². The lowest BCUT2D eigenvalue weighted by molar-refractivity contribution is 0.345. The molecule has 1 fully saturated rings. The first kappa shape index (κ1) is 13.8. The van der Waals surface area contributed by atoms with Crippen LogP contribution in [0.1, 0.15) is 38.5 Å². The van der Waals surface area contributed by atoms with Gasteiger partial charge in [-0.2, -0.15) is 15.0 Å². The molecule has 0 atom stereocenters. The first-order valence-electron chi connectivity index (χ1n) is 7.55. The summed E-state index contributed by atoms with van der Waals surface area (Å²) in [6.45, 7) is 0.873. The number of nitrogen functional groups attached to an aromatic ring is 1. The summed E-state index contributed by atoms with van der Waals surface area (Å²) < 4.78 is 1.71. The maximum absolute atomic E-state index is 5.74. The Bertz CT molecular complexity index is 561. The van der Waals surface area contributed by atoms with E-state index >= 15 is 0 Å². The second-order valence-corrected chi connectivity index (χ2v) is 5.51. The normalized spacial score (nSPS) is 16.0. The molecule has 0 aromatic carbocycles. The number of rotatable bonds is 5. The number of hydrogen-bond acceptors (Lipinski definition) is 6. The number of nitrogens with one attached hydrogen (secondary N) is 1. The van der Waals surface area contributed by atoms with Gasteiger partial charge in [-0.1, -0.05) is 32.1 Å². The average Bonchev–Trinajstić information content (AvgIpc) is 3.02. The molecule has 0 aliphatic heterocycles. The highest BCUT2D eigenvalue weighted by Crippen LogP contribution is 2.26. The second kappa shape index (κ2) is 6.51. The molecule has 1 aliphatic rings. The van der Waals surface area contributed by atoms with E-state index < -0.39 is 0 Å². The molecule has 7 nitrogen and oxygen atoms in total. The number of hydrogen-bond donors (Lipinski definition) is 2. The van der Waals surface area contributed by atoms with E-state index in [4.69, 9.17) is 5.73 Å². The van der Waals surface area contributed by atoms with Crippen molar-refractivity contribution in [2.45, 2.75) is 38.5 Å². The van der Waals surface area contributed by atoms with Crippen LogP contribution in [0.3, 0.4) is 0 Å². The molecule has 0 spiro atoms. The number of aromatic nitrogens is 5. The lowest BCUT2D eigenvalue weighted by atomic mass is 9.87. The largest absolute Gasteiger partial charge is 0.368 e. The van der Waals surface area contributed by atoms with Crippen LogP contribution in [0.2, 0.25) is 0 Å². The van der Waals surface area contributed by atoms with Crippen molar-refractivity contribution in [3.05, 3.63) is 18.7 Å². The molecule has 1 saturated carbocycles. The van der Waals surface area contributed by atoms with E-state index in [2.05, 4.69) is 25.3 Å². The van der Waals surface area contributed by atoms with Crippen LogP contribution in [0.4, 0.5) is 11.9 Å². The van der Waals surface area contributed by atoms with Crippen LogP contribution in [0, 0.1) is 5.92 Å². The lowest BCUT2D eigenvalue weighted by Crippen LogP contribution is -2.15. The van der Waals surface area contributed by atoms with Crippen molar-refractivity contribution >= 4 is 11.9 Å². The Hall–Kier alpha value is -2.18. The minimum absolute atomic E-state index is 0.217. The van der Waals surface area contributed by atoms with Gasteiger partial charge in [0.15, 0.2) is 0 Å². The Morgan fingerprint density at radius 3 is 2.81 bits per heavy atom. The highest BCUT2D eigenvalue weighted by Gasteiger charge is 2.13. The third-order valence-corrected chi connectivity index (χ3v) is 3.94. The van der Waals surface area contributed by atoms with Gasteiger partial charge in [0.05, 0.1) is 0 Å². The number of anilines is 2. The first-order valence-corrected chi connectivity index (χ1v) is 7.55. The molecular formula is C14H21N7.